The molecule has 0 fully saturated rings. The van der Waals surface area contributed by atoms with Crippen LogP contribution in [-0.4, -0.2) is 42.9 Å². The minimum absolute atomic E-state index is 0.0190. The molecule has 2 heterocycles. The molecule has 0 unspecified atom stereocenters. The number of benzene rings is 4. The zero-order valence-corrected chi connectivity index (χ0v) is 21.2. The summed E-state index contributed by atoms with van der Waals surface area (Å²) in [6, 6.07) is 13.1. The number of phenols is 7. The molecule has 0 amide bonds. The van der Waals surface area contributed by atoms with Crippen molar-refractivity contribution in [1.29, 1.82) is 0 Å². The molecule has 11 heteroatoms. The molecule has 0 saturated carbocycles. The maximum absolute atomic E-state index is 13.3. The van der Waals surface area contributed by atoms with Gasteiger partial charge in [0.1, 0.15) is 51.6 Å². The summed E-state index contributed by atoms with van der Waals surface area (Å²) in [5.74, 6) is -3.96. The van der Waals surface area contributed by atoms with E-state index in [2.05, 4.69) is 0 Å². The zero-order valence-electron chi connectivity index (χ0n) is 21.2. The van der Waals surface area contributed by atoms with Crippen LogP contribution in [0.3, 0.4) is 0 Å². The van der Waals surface area contributed by atoms with Crippen LogP contribution in [0.1, 0.15) is 28.7 Å². The highest BCUT2D eigenvalue weighted by atomic mass is 16.5. The zero-order chi connectivity index (χ0) is 29.2. The van der Waals surface area contributed by atoms with Crippen LogP contribution in [0.25, 0.3) is 22.3 Å². The van der Waals surface area contributed by atoms with Gasteiger partial charge in [-0.25, -0.2) is 0 Å². The van der Waals surface area contributed by atoms with Crippen LogP contribution in [0.5, 0.6) is 51.7 Å². The number of phenolic OH excluding ortho intramolecular Hbond substituents is 7. The van der Waals surface area contributed by atoms with Gasteiger partial charge in [0.2, 0.25) is 11.2 Å². The third-order valence-corrected chi connectivity index (χ3v) is 7.00. The molecule has 208 valence electrons. The Balaban J connectivity index is 1.63. The molecule has 6 rings (SSSR count). The largest absolute Gasteiger partial charge is 0.508 e. The number of fused-ring (bicyclic) bond motifs is 2. The molecule has 0 aliphatic carbocycles. The number of methoxy groups -OCH3 is 1. The number of hydrogen-bond donors (Lipinski definition) is 7. The lowest BCUT2D eigenvalue weighted by atomic mass is 9.83. The minimum atomic E-state index is -0.973. The van der Waals surface area contributed by atoms with Gasteiger partial charge in [-0.1, -0.05) is 12.1 Å². The number of aromatic hydroxyl groups is 7. The van der Waals surface area contributed by atoms with Crippen molar-refractivity contribution in [3.8, 4) is 63.1 Å². The van der Waals surface area contributed by atoms with Crippen molar-refractivity contribution in [3.05, 3.63) is 87.6 Å². The molecule has 0 radical (unpaired) electrons. The summed E-state index contributed by atoms with van der Waals surface area (Å²) in [5, 5.41) is 72.9. The van der Waals surface area contributed by atoms with E-state index in [1.54, 1.807) is 12.1 Å². The van der Waals surface area contributed by atoms with Crippen molar-refractivity contribution in [2.45, 2.75) is 12.0 Å². The highest BCUT2D eigenvalue weighted by Crippen LogP contribution is 2.59. The van der Waals surface area contributed by atoms with Crippen LogP contribution >= 0.6 is 0 Å². The first-order valence-corrected chi connectivity index (χ1v) is 12.2. The first-order valence-electron chi connectivity index (χ1n) is 12.2. The molecule has 5 aromatic rings. The minimum Gasteiger partial charge on any atom is -0.508 e. The van der Waals surface area contributed by atoms with E-state index in [1.807, 2.05) is 0 Å². The summed E-state index contributed by atoms with van der Waals surface area (Å²) in [4.78, 5) is 13.3. The standard InChI is InChI=1S/C30H22O11/c1-39-30-26(38)23-19(35)9-17(34)10-21(23)40-28(30)18-11-20(36)29-24(25(18)37)22(12-2-4-14(31)5-3-12)27(41-29)13-6-15(32)8-16(33)7-13/h2-11,22,27,31-37H,1H3/t22-,27+/m0/s1. The average molecular weight is 558 g/mol. The maximum atomic E-state index is 13.3. The van der Waals surface area contributed by atoms with Crippen LogP contribution in [0.4, 0.5) is 0 Å². The molecule has 0 bridgehead atoms. The number of rotatable bonds is 4. The van der Waals surface area contributed by atoms with Gasteiger partial charge in [-0.3, -0.25) is 4.79 Å². The molecular formula is C30H22O11. The van der Waals surface area contributed by atoms with Gasteiger partial charge in [0, 0.05) is 23.8 Å². The Morgan fingerprint density at radius 2 is 1.39 bits per heavy atom. The van der Waals surface area contributed by atoms with E-state index < -0.39 is 34.7 Å². The van der Waals surface area contributed by atoms with Gasteiger partial charge in [0.05, 0.1) is 24.2 Å². The van der Waals surface area contributed by atoms with Crippen molar-refractivity contribution >= 4 is 11.0 Å². The Kier molecular flexibility index (Phi) is 5.73. The predicted molar refractivity (Wildman–Crippen MR) is 144 cm³/mol. The highest BCUT2D eigenvalue weighted by molar-refractivity contribution is 5.89. The summed E-state index contributed by atoms with van der Waals surface area (Å²) in [5.41, 5.74) is -0.225. The molecule has 7 N–H and O–H groups in total. The van der Waals surface area contributed by atoms with Crippen molar-refractivity contribution in [3.63, 3.8) is 0 Å². The van der Waals surface area contributed by atoms with Crippen LogP contribution in [-0.2, 0) is 0 Å². The van der Waals surface area contributed by atoms with Crippen LogP contribution < -0.4 is 14.9 Å². The van der Waals surface area contributed by atoms with Gasteiger partial charge in [0.25, 0.3) is 0 Å². The van der Waals surface area contributed by atoms with Gasteiger partial charge in [-0.15, -0.1) is 0 Å². The van der Waals surface area contributed by atoms with E-state index in [9.17, 15) is 40.5 Å². The average Bonchev–Trinajstić information content (AvgIpc) is 3.32. The van der Waals surface area contributed by atoms with Gasteiger partial charge in [-0.05, 0) is 35.9 Å². The van der Waals surface area contributed by atoms with Gasteiger partial charge in [-0.2, -0.15) is 0 Å². The Bertz CT molecular complexity index is 1890. The van der Waals surface area contributed by atoms with Crippen LogP contribution in [0.15, 0.2) is 69.9 Å². The number of hydrogen-bond acceptors (Lipinski definition) is 11. The fourth-order valence-corrected chi connectivity index (χ4v) is 5.29. The second-order valence-electron chi connectivity index (χ2n) is 9.56. The summed E-state index contributed by atoms with van der Waals surface area (Å²) >= 11 is 0. The van der Waals surface area contributed by atoms with E-state index in [4.69, 9.17) is 13.9 Å². The molecule has 41 heavy (non-hydrogen) atoms. The Morgan fingerprint density at radius 1 is 0.732 bits per heavy atom. The lowest BCUT2D eigenvalue weighted by Crippen LogP contribution is -2.11. The molecular weight excluding hydrogens is 536 g/mol. The predicted octanol–water partition coefficient (Wildman–Crippen LogP) is 4.67. The second kappa shape index (κ2) is 9.19. The van der Waals surface area contributed by atoms with E-state index in [1.165, 1.54) is 31.4 Å². The topological polar surface area (TPSA) is 190 Å². The molecule has 4 aromatic carbocycles. The fraction of sp³-hybridized carbons (Fsp3) is 0.100. The second-order valence-corrected chi connectivity index (χ2v) is 9.56. The maximum Gasteiger partial charge on any atom is 0.239 e. The molecule has 2 atom stereocenters. The summed E-state index contributed by atoms with van der Waals surface area (Å²) in [7, 11) is 1.19. The van der Waals surface area contributed by atoms with E-state index in [0.717, 1.165) is 24.3 Å². The lowest BCUT2D eigenvalue weighted by Gasteiger charge is -2.21. The molecule has 0 saturated heterocycles. The third kappa shape index (κ3) is 4.02. The third-order valence-electron chi connectivity index (χ3n) is 7.00. The van der Waals surface area contributed by atoms with Crippen molar-refractivity contribution in [1.82, 2.24) is 0 Å². The summed E-state index contributed by atoms with van der Waals surface area (Å²) in [6.07, 6.45) is -0.973. The monoisotopic (exact) mass is 558 g/mol. The molecule has 1 aliphatic heterocycles. The quantitative estimate of drug-likeness (QED) is 0.152. The normalized spacial score (nSPS) is 15.9. The molecule has 1 aliphatic rings. The molecule has 0 spiro atoms. The van der Waals surface area contributed by atoms with Crippen LogP contribution in [0.2, 0.25) is 0 Å². The van der Waals surface area contributed by atoms with Crippen molar-refractivity contribution in [2.75, 3.05) is 7.11 Å². The SMILES string of the molecule is COc1c(-c2cc(O)c3c(c2O)[C@H](c2ccc(O)cc2)[C@@H](c2cc(O)cc(O)c2)O3)oc2cc(O)cc(O)c2c1=O. The van der Waals surface area contributed by atoms with Gasteiger partial charge in [0.15, 0.2) is 17.3 Å². The van der Waals surface area contributed by atoms with E-state index in [-0.39, 0.29) is 62.4 Å². The number of ether oxygens (including phenoxy) is 2. The van der Waals surface area contributed by atoms with E-state index >= 15 is 0 Å². The smallest absolute Gasteiger partial charge is 0.239 e. The van der Waals surface area contributed by atoms with E-state index in [0.29, 0.717) is 11.1 Å². The Morgan fingerprint density at radius 3 is 2.05 bits per heavy atom. The molecule has 1 aromatic heterocycles. The van der Waals surface area contributed by atoms with Gasteiger partial charge < -0.3 is 49.6 Å². The Labute approximate surface area is 230 Å². The summed E-state index contributed by atoms with van der Waals surface area (Å²) in [6.45, 7) is 0. The Hall–Kier alpha value is -5.71. The van der Waals surface area contributed by atoms with Crippen molar-refractivity contribution in [2.24, 2.45) is 0 Å². The van der Waals surface area contributed by atoms with Crippen LogP contribution in [0, 0.1) is 0 Å². The fourth-order valence-electron chi connectivity index (χ4n) is 5.29. The lowest BCUT2D eigenvalue weighted by molar-refractivity contribution is 0.214. The first-order chi connectivity index (χ1) is 19.6. The van der Waals surface area contributed by atoms with Crippen molar-refractivity contribution < 1.29 is 49.6 Å². The first kappa shape index (κ1) is 25.6. The van der Waals surface area contributed by atoms with Gasteiger partial charge >= 0.3 is 0 Å². The molecule has 11 nitrogen and oxygen atoms in total. The summed E-state index contributed by atoms with van der Waals surface area (Å²) < 4.78 is 17.2. The highest BCUT2D eigenvalue weighted by Gasteiger charge is 2.42.